The Bertz CT molecular complexity index is 1130. The number of amides is 2. The van der Waals surface area contributed by atoms with Crippen molar-refractivity contribution in [1.82, 2.24) is 0 Å². The first-order chi connectivity index (χ1) is 14.6. The highest BCUT2D eigenvalue weighted by atomic mass is 16.7. The fourth-order valence-corrected chi connectivity index (χ4v) is 4.50. The third-order valence-corrected chi connectivity index (χ3v) is 5.99. The van der Waals surface area contributed by atoms with Crippen molar-refractivity contribution in [3.63, 3.8) is 0 Å². The fourth-order valence-electron chi connectivity index (χ4n) is 4.50. The van der Waals surface area contributed by atoms with Gasteiger partial charge in [-0.25, -0.2) is 9.96 Å². The number of anilines is 2. The summed E-state index contributed by atoms with van der Waals surface area (Å²) in [6.07, 6.45) is -0.845. The average molecular weight is 398 g/mol. The largest absolute Gasteiger partial charge is 0.273 e. The van der Waals surface area contributed by atoms with Gasteiger partial charge in [0.25, 0.3) is 5.91 Å². The summed E-state index contributed by atoms with van der Waals surface area (Å²) in [6, 6.07) is 24.7. The lowest BCUT2D eigenvalue weighted by Crippen LogP contribution is -2.37. The summed E-state index contributed by atoms with van der Waals surface area (Å²) in [5, 5.41) is 1.74. The van der Waals surface area contributed by atoms with E-state index < -0.39 is 12.0 Å². The standard InChI is InChI=1S/C25H22N2O3/c1-16-10-6-8-14-19(16)22-21-23(30-27(22)18-12-4-3-5-13-18)25(29)26(24(21)28)20-15-9-7-11-17(20)2/h3-15,21-23H,1-2H3/t21-,22-,23+/m0/s1. The van der Waals surface area contributed by atoms with Gasteiger partial charge in [-0.15, -0.1) is 0 Å². The van der Waals surface area contributed by atoms with E-state index in [2.05, 4.69) is 0 Å². The minimum absolute atomic E-state index is 0.217. The number of aryl methyl sites for hydroxylation is 2. The van der Waals surface area contributed by atoms with Gasteiger partial charge >= 0.3 is 0 Å². The van der Waals surface area contributed by atoms with Crippen molar-refractivity contribution in [3.05, 3.63) is 95.6 Å². The maximum atomic E-state index is 13.6. The Balaban J connectivity index is 1.62. The van der Waals surface area contributed by atoms with Crippen LogP contribution in [0.2, 0.25) is 0 Å². The highest BCUT2D eigenvalue weighted by molar-refractivity contribution is 6.24. The van der Waals surface area contributed by atoms with Gasteiger partial charge in [0.2, 0.25) is 5.91 Å². The predicted octanol–water partition coefficient (Wildman–Crippen LogP) is 4.35. The molecule has 2 heterocycles. The number of carbonyl (C=O) groups is 2. The highest BCUT2D eigenvalue weighted by Gasteiger charge is 2.60. The Labute approximate surface area is 175 Å². The van der Waals surface area contributed by atoms with Gasteiger partial charge in [0.1, 0.15) is 5.92 Å². The molecule has 2 saturated heterocycles. The number of nitrogens with zero attached hydrogens (tertiary/aromatic N) is 2. The average Bonchev–Trinajstić information content (AvgIpc) is 3.26. The zero-order chi connectivity index (χ0) is 20.8. The number of hydroxylamine groups is 1. The molecule has 2 fully saturated rings. The highest BCUT2D eigenvalue weighted by Crippen LogP contribution is 2.48. The van der Waals surface area contributed by atoms with Crippen LogP contribution in [-0.2, 0) is 14.4 Å². The van der Waals surface area contributed by atoms with Crippen molar-refractivity contribution in [2.75, 3.05) is 9.96 Å². The van der Waals surface area contributed by atoms with Gasteiger partial charge in [-0.2, -0.15) is 0 Å². The first-order valence-corrected chi connectivity index (χ1v) is 10.1. The molecule has 5 rings (SSSR count). The number of rotatable bonds is 3. The van der Waals surface area contributed by atoms with Crippen LogP contribution in [0.25, 0.3) is 0 Å². The maximum Gasteiger partial charge on any atom is 0.266 e. The minimum atomic E-state index is -0.845. The molecular weight excluding hydrogens is 376 g/mol. The van der Waals surface area contributed by atoms with Crippen LogP contribution in [-0.4, -0.2) is 17.9 Å². The van der Waals surface area contributed by atoms with E-state index >= 15 is 0 Å². The molecule has 150 valence electrons. The molecule has 0 aliphatic carbocycles. The molecule has 2 aliphatic rings. The van der Waals surface area contributed by atoms with Crippen molar-refractivity contribution in [1.29, 1.82) is 0 Å². The normalized spacial score (nSPS) is 23.2. The topological polar surface area (TPSA) is 49.9 Å². The van der Waals surface area contributed by atoms with E-state index in [1.54, 1.807) is 5.06 Å². The second kappa shape index (κ2) is 7.11. The van der Waals surface area contributed by atoms with Crippen LogP contribution in [0.15, 0.2) is 78.9 Å². The summed E-state index contributed by atoms with van der Waals surface area (Å²) < 4.78 is 0. The zero-order valence-electron chi connectivity index (χ0n) is 16.9. The molecule has 0 spiro atoms. The van der Waals surface area contributed by atoms with Crippen molar-refractivity contribution >= 4 is 23.2 Å². The smallest absolute Gasteiger partial charge is 0.266 e. The van der Waals surface area contributed by atoms with Crippen LogP contribution < -0.4 is 9.96 Å². The monoisotopic (exact) mass is 398 g/mol. The van der Waals surface area contributed by atoms with Crippen molar-refractivity contribution in [3.8, 4) is 0 Å². The first kappa shape index (κ1) is 18.6. The third-order valence-electron chi connectivity index (χ3n) is 5.99. The first-order valence-electron chi connectivity index (χ1n) is 10.1. The predicted molar refractivity (Wildman–Crippen MR) is 115 cm³/mol. The molecule has 2 aliphatic heterocycles. The van der Waals surface area contributed by atoms with Crippen LogP contribution in [0.5, 0.6) is 0 Å². The molecule has 3 aromatic rings. The molecule has 0 N–H and O–H groups in total. The second-order valence-electron chi connectivity index (χ2n) is 7.81. The Morgan fingerprint density at radius 1 is 0.733 bits per heavy atom. The molecule has 5 heteroatoms. The molecule has 0 radical (unpaired) electrons. The summed E-state index contributed by atoms with van der Waals surface area (Å²) >= 11 is 0. The SMILES string of the molecule is Cc1ccccc1[C@H]1[C@@H]2C(=O)N(c3ccccc3C)C(=O)[C@@H]2ON1c1ccccc1. The lowest BCUT2D eigenvalue weighted by Gasteiger charge is -2.29. The Hall–Kier alpha value is -3.44. The van der Waals surface area contributed by atoms with E-state index in [1.165, 1.54) is 4.90 Å². The number of imide groups is 1. The van der Waals surface area contributed by atoms with E-state index in [0.717, 1.165) is 22.4 Å². The molecule has 3 atom stereocenters. The molecule has 0 saturated carbocycles. The Morgan fingerprint density at radius 3 is 2.07 bits per heavy atom. The van der Waals surface area contributed by atoms with Gasteiger partial charge in [0.05, 0.1) is 17.4 Å². The molecule has 5 nitrogen and oxygen atoms in total. The third kappa shape index (κ3) is 2.74. The van der Waals surface area contributed by atoms with Crippen LogP contribution in [0.1, 0.15) is 22.7 Å². The maximum absolute atomic E-state index is 13.6. The lowest BCUT2D eigenvalue weighted by atomic mass is 9.88. The number of hydrogen-bond donors (Lipinski definition) is 0. The quantitative estimate of drug-likeness (QED) is 0.616. The molecule has 2 amide bonds. The fraction of sp³-hybridized carbons (Fsp3) is 0.200. The summed E-state index contributed by atoms with van der Waals surface area (Å²) in [4.78, 5) is 34.5. The van der Waals surface area contributed by atoms with E-state index in [0.29, 0.717) is 5.69 Å². The van der Waals surface area contributed by atoms with Gasteiger partial charge in [0.15, 0.2) is 6.10 Å². The van der Waals surface area contributed by atoms with Gasteiger partial charge in [-0.05, 0) is 48.7 Å². The van der Waals surface area contributed by atoms with Crippen LogP contribution in [0, 0.1) is 19.8 Å². The molecule has 3 aromatic carbocycles. The molecule has 0 aromatic heterocycles. The number of hydrogen-bond acceptors (Lipinski definition) is 4. The van der Waals surface area contributed by atoms with E-state index in [9.17, 15) is 9.59 Å². The second-order valence-corrected chi connectivity index (χ2v) is 7.81. The zero-order valence-corrected chi connectivity index (χ0v) is 16.9. The summed E-state index contributed by atoms with van der Waals surface area (Å²) in [6.45, 7) is 3.92. The van der Waals surface area contributed by atoms with Gasteiger partial charge in [0, 0.05) is 0 Å². The number of fused-ring (bicyclic) bond motifs is 1. The Kier molecular flexibility index (Phi) is 4.40. The number of benzene rings is 3. The van der Waals surface area contributed by atoms with Gasteiger partial charge in [-0.3, -0.25) is 14.4 Å². The van der Waals surface area contributed by atoms with Gasteiger partial charge < -0.3 is 0 Å². The molecule has 30 heavy (non-hydrogen) atoms. The number of carbonyl (C=O) groups excluding carboxylic acids is 2. The van der Waals surface area contributed by atoms with E-state index in [-0.39, 0.29) is 17.9 Å². The summed E-state index contributed by atoms with van der Waals surface area (Å²) in [5.74, 6) is -1.14. The number of para-hydroxylation sites is 2. The lowest BCUT2D eigenvalue weighted by molar-refractivity contribution is -0.126. The van der Waals surface area contributed by atoms with Crippen molar-refractivity contribution in [2.24, 2.45) is 5.92 Å². The van der Waals surface area contributed by atoms with Crippen LogP contribution in [0.3, 0.4) is 0 Å². The summed E-state index contributed by atoms with van der Waals surface area (Å²) in [5.41, 5.74) is 4.37. The molecule has 0 unspecified atom stereocenters. The molecular formula is C25H22N2O3. The summed E-state index contributed by atoms with van der Waals surface area (Å²) in [7, 11) is 0. The van der Waals surface area contributed by atoms with Crippen LogP contribution >= 0.6 is 0 Å². The van der Waals surface area contributed by atoms with Crippen molar-refractivity contribution < 1.29 is 14.4 Å². The Morgan fingerprint density at radius 2 is 1.37 bits per heavy atom. The van der Waals surface area contributed by atoms with E-state index in [4.69, 9.17) is 4.84 Å². The molecule has 0 bridgehead atoms. The van der Waals surface area contributed by atoms with E-state index in [1.807, 2.05) is 92.7 Å². The van der Waals surface area contributed by atoms with Crippen molar-refractivity contribution in [2.45, 2.75) is 26.0 Å². The van der Waals surface area contributed by atoms with Crippen LogP contribution in [0.4, 0.5) is 11.4 Å². The van der Waals surface area contributed by atoms with Gasteiger partial charge in [-0.1, -0.05) is 60.7 Å². The minimum Gasteiger partial charge on any atom is -0.273 e.